The van der Waals surface area contributed by atoms with Gasteiger partial charge in [-0.05, 0) is 13.3 Å². The third-order valence-corrected chi connectivity index (χ3v) is 2.09. The van der Waals surface area contributed by atoms with E-state index in [1.54, 1.807) is 0 Å². The van der Waals surface area contributed by atoms with E-state index in [4.69, 9.17) is 0 Å². The zero-order valence-corrected chi connectivity index (χ0v) is 9.02. The van der Waals surface area contributed by atoms with Crippen LogP contribution in [0.5, 0.6) is 0 Å². The number of aromatic amines is 1. The minimum absolute atomic E-state index is 0.146. The van der Waals surface area contributed by atoms with Crippen molar-refractivity contribution >= 4 is 5.97 Å². The third kappa shape index (κ3) is 2.98. The van der Waals surface area contributed by atoms with Gasteiger partial charge in [-0.25, -0.2) is 0 Å². The highest BCUT2D eigenvalue weighted by Gasteiger charge is 2.21. The maximum atomic E-state index is 11.3. The molecule has 0 aliphatic rings. The highest BCUT2D eigenvalue weighted by molar-refractivity contribution is 5.75. The molecule has 0 saturated heterocycles. The van der Waals surface area contributed by atoms with E-state index >= 15 is 0 Å². The summed E-state index contributed by atoms with van der Waals surface area (Å²) in [5.74, 6) is 0.241. The number of carbonyl (C=O) groups is 1. The number of esters is 1. The average Bonchev–Trinajstić information content (AvgIpc) is 2.77. The van der Waals surface area contributed by atoms with Crippen LogP contribution in [-0.2, 0) is 9.53 Å². The van der Waals surface area contributed by atoms with Crippen LogP contribution in [0.4, 0.5) is 0 Å². The number of nitrogens with one attached hydrogen (secondary N) is 2. The van der Waals surface area contributed by atoms with E-state index in [1.807, 2.05) is 13.8 Å². The summed E-state index contributed by atoms with van der Waals surface area (Å²) in [6.07, 6.45) is 0.648. The largest absolute Gasteiger partial charge is 0.468 e. The van der Waals surface area contributed by atoms with Gasteiger partial charge in [0.15, 0.2) is 5.82 Å². The molecule has 1 aromatic heterocycles. The van der Waals surface area contributed by atoms with Gasteiger partial charge in [-0.3, -0.25) is 10.1 Å². The number of aromatic nitrogens is 4. The molecular weight excluding hydrogens is 198 g/mol. The summed E-state index contributed by atoms with van der Waals surface area (Å²) in [6.45, 7) is 3.76. The van der Waals surface area contributed by atoms with Gasteiger partial charge in [0.25, 0.3) is 0 Å². The van der Waals surface area contributed by atoms with Crippen LogP contribution in [-0.4, -0.2) is 39.7 Å². The second kappa shape index (κ2) is 5.40. The number of hydrogen-bond acceptors (Lipinski definition) is 6. The molecule has 0 aliphatic carbocycles. The first-order valence-electron chi connectivity index (χ1n) is 4.76. The molecule has 0 saturated carbocycles. The lowest BCUT2D eigenvalue weighted by atomic mass is 10.2. The monoisotopic (exact) mass is 213 g/mol. The molecule has 0 amide bonds. The molecule has 1 aromatic rings. The quantitative estimate of drug-likeness (QED) is 0.658. The molecule has 2 N–H and O–H groups in total. The maximum absolute atomic E-state index is 11.3. The number of H-pyrrole nitrogens is 1. The second-order valence-electron chi connectivity index (χ2n) is 3.14. The van der Waals surface area contributed by atoms with Crippen molar-refractivity contribution in [2.24, 2.45) is 0 Å². The van der Waals surface area contributed by atoms with Crippen molar-refractivity contribution < 1.29 is 9.53 Å². The topological polar surface area (TPSA) is 92.8 Å². The van der Waals surface area contributed by atoms with Gasteiger partial charge in [-0.2, -0.15) is 5.21 Å². The molecule has 0 aliphatic heterocycles. The fourth-order valence-electron chi connectivity index (χ4n) is 1.22. The minimum Gasteiger partial charge on any atom is -0.468 e. The third-order valence-electron chi connectivity index (χ3n) is 2.09. The standard InChI is InChI=1S/C8H15N5O2/c1-4-6(8(14)15-3)9-5(2)7-10-12-13-11-7/h5-6,9H,4H2,1-3H3,(H,10,11,12,13). The molecule has 2 unspecified atom stereocenters. The Hall–Kier alpha value is -1.50. The van der Waals surface area contributed by atoms with E-state index < -0.39 is 0 Å². The molecular formula is C8H15N5O2. The predicted molar refractivity (Wildman–Crippen MR) is 51.8 cm³/mol. The lowest BCUT2D eigenvalue weighted by Crippen LogP contribution is -2.38. The summed E-state index contributed by atoms with van der Waals surface area (Å²) in [7, 11) is 1.37. The zero-order chi connectivity index (χ0) is 11.3. The molecule has 0 fully saturated rings. The number of rotatable bonds is 5. The fraction of sp³-hybridized carbons (Fsp3) is 0.750. The SMILES string of the molecule is CCC(NC(C)c1nn[nH]n1)C(=O)OC. The van der Waals surface area contributed by atoms with Gasteiger partial charge in [0.2, 0.25) is 0 Å². The van der Waals surface area contributed by atoms with Gasteiger partial charge < -0.3 is 4.74 Å². The van der Waals surface area contributed by atoms with Crippen LogP contribution >= 0.6 is 0 Å². The second-order valence-corrected chi connectivity index (χ2v) is 3.14. The van der Waals surface area contributed by atoms with Gasteiger partial charge in [0.1, 0.15) is 6.04 Å². The van der Waals surface area contributed by atoms with Crippen molar-refractivity contribution in [2.75, 3.05) is 7.11 Å². The maximum Gasteiger partial charge on any atom is 0.322 e. The predicted octanol–water partition coefficient (Wildman–Crippen LogP) is -0.198. The van der Waals surface area contributed by atoms with Gasteiger partial charge in [0.05, 0.1) is 13.2 Å². The van der Waals surface area contributed by atoms with E-state index in [1.165, 1.54) is 7.11 Å². The lowest BCUT2D eigenvalue weighted by Gasteiger charge is -2.17. The average molecular weight is 213 g/mol. The highest BCUT2D eigenvalue weighted by atomic mass is 16.5. The number of tetrazole rings is 1. The van der Waals surface area contributed by atoms with E-state index in [0.717, 1.165) is 0 Å². The summed E-state index contributed by atoms with van der Waals surface area (Å²) >= 11 is 0. The Balaban J connectivity index is 2.56. The van der Waals surface area contributed by atoms with E-state index in [-0.39, 0.29) is 18.1 Å². The number of methoxy groups -OCH3 is 1. The Morgan fingerprint density at radius 3 is 2.87 bits per heavy atom. The summed E-state index contributed by atoms with van der Waals surface area (Å²) < 4.78 is 4.66. The number of hydrogen-bond donors (Lipinski definition) is 2. The summed E-state index contributed by atoms with van der Waals surface area (Å²) in [6, 6.07) is -0.490. The van der Waals surface area contributed by atoms with Gasteiger partial charge in [-0.15, -0.1) is 10.2 Å². The Morgan fingerprint density at radius 1 is 1.67 bits per heavy atom. The van der Waals surface area contributed by atoms with Crippen molar-refractivity contribution in [3.63, 3.8) is 0 Å². The van der Waals surface area contributed by atoms with Gasteiger partial charge >= 0.3 is 5.97 Å². The van der Waals surface area contributed by atoms with Crippen molar-refractivity contribution in [3.05, 3.63) is 5.82 Å². The molecule has 7 nitrogen and oxygen atoms in total. The molecule has 0 bridgehead atoms. The zero-order valence-electron chi connectivity index (χ0n) is 9.02. The molecule has 0 aromatic carbocycles. The molecule has 7 heteroatoms. The molecule has 0 radical (unpaired) electrons. The summed E-state index contributed by atoms with van der Waals surface area (Å²) in [4.78, 5) is 11.3. The van der Waals surface area contributed by atoms with Gasteiger partial charge in [-0.1, -0.05) is 12.1 Å². The van der Waals surface area contributed by atoms with Crippen molar-refractivity contribution in [1.82, 2.24) is 25.9 Å². The minimum atomic E-state index is -0.344. The van der Waals surface area contributed by atoms with Gasteiger partial charge in [0, 0.05) is 0 Å². The Morgan fingerprint density at radius 2 is 2.40 bits per heavy atom. The number of ether oxygens (including phenoxy) is 1. The fourth-order valence-corrected chi connectivity index (χ4v) is 1.22. The van der Waals surface area contributed by atoms with Crippen LogP contribution in [0.25, 0.3) is 0 Å². The molecule has 15 heavy (non-hydrogen) atoms. The van der Waals surface area contributed by atoms with Crippen LogP contribution < -0.4 is 5.32 Å². The van der Waals surface area contributed by atoms with Crippen LogP contribution in [0, 0.1) is 0 Å². The Kier molecular flexibility index (Phi) is 4.17. The highest BCUT2D eigenvalue weighted by Crippen LogP contribution is 2.07. The molecule has 2 atom stereocenters. The van der Waals surface area contributed by atoms with E-state index in [9.17, 15) is 4.79 Å². The van der Waals surface area contributed by atoms with E-state index in [0.29, 0.717) is 12.2 Å². The molecule has 0 spiro atoms. The van der Waals surface area contributed by atoms with E-state index in [2.05, 4.69) is 30.7 Å². The first-order valence-corrected chi connectivity index (χ1v) is 4.76. The van der Waals surface area contributed by atoms with Crippen LogP contribution in [0.15, 0.2) is 0 Å². The van der Waals surface area contributed by atoms with Crippen LogP contribution in [0.2, 0.25) is 0 Å². The lowest BCUT2D eigenvalue weighted by molar-refractivity contribution is -0.143. The summed E-state index contributed by atoms with van der Waals surface area (Å²) in [5, 5.41) is 16.5. The number of carbonyl (C=O) groups excluding carboxylic acids is 1. The smallest absolute Gasteiger partial charge is 0.322 e. The molecule has 1 rings (SSSR count). The van der Waals surface area contributed by atoms with Crippen molar-refractivity contribution in [3.8, 4) is 0 Å². The first kappa shape index (κ1) is 11.6. The number of nitrogens with zero attached hydrogens (tertiary/aromatic N) is 3. The summed E-state index contributed by atoms with van der Waals surface area (Å²) in [5.41, 5.74) is 0. The van der Waals surface area contributed by atoms with Crippen molar-refractivity contribution in [1.29, 1.82) is 0 Å². The van der Waals surface area contributed by atoms with Crippen molar-refractivity contribution in [2.45, 2.75) is 32.4 Å². The molecule has 84 valence electrons. The van der Waals surface area contributed by atoms with Crippen LogP contribution in [0.1, 0.15) is 32.1 Å². The Labute approximate surface area is 87.6 Å². The molecule has 1 heterocycles. The normalized spacial score (nSPS) is 14.6. The first-order chi connectivity index (χ1) is 7.19. The Bertz CT molecular complexity index is 300. The van der Waals surface area contributed by atoms with Crippen LogP contribution in [0.3, 0.4) is 0 Å².